The van der Waals surface area contributed by atoms with Gasteiger partial charge in [-0.25, -0.2) is 13.8 Å². The summed E-state index contributed by atoms with van der Waals surface area (Å²) in [5, 5.41) is 12.9. The molecule has 1 saturated carbocycles. The summed E-state index contributed by atoms with van der Waals surface area (Å²) in [7, 11) is 1.56. The van der Waals surface area contributed by atoms with Gasteiger partial charge >= 0.3 is 0 Å². The Kier molecular flexibility index (Phi) is 3.83. The van der Waals surface area contributed by atoms with E-state index in [-0.39, 0.29) is 36.7 Å². The first-order valence-electron chi connectivity index (χ1n) is 7.56. The molecule has 126 valence electrons. The van der Waals surface area contributed by atoms with Crippen molar-refractivity contribution in [3.8, 4) is 0 Å². The highest BCUT2D eigenvalue weighted by Crippen LogP contribution is 2.40. The minimum atomic E-state index is -3.15. The van der Waals surface area contributed by atoms with E-state index in [2.05, 4.69) is 15.3 Å². The fraction of sp³-hybridized carbons (Fsp3) is 0.643. The van der Waals surface area contributed by atoms with Gasteiger partial charge in [0.25, 0.3) is 11.8 Å². The average molecular weight is 327 g/mol. The van der Waals surface area contributed by atoms with Crippen LogP contribution in [-0.4, -0.2) is 51.0 Å². The Bertz CT molecular complexity index is 640. The fourth-order valence-electron chi connectivity index (χ4n) is 3.38. The molecule has 23 heavy (non-hydrogen) atoms. The van der Waals surface area contributed by atoms with Crippen LogP contribution in [0.15, 0.2) is 0 Å². The van der Waals surface area contributed by atoms with E-state index in [1.54, 1.807) is 7.05 Å². The minimum absolute atomic E-state index is 0.0316. The Morgan fingerprint density at radius 1 is 1.39 bits per heavy atom. The molecular formula is C14H19F2N5O2. The lowest BCUT2D eigenvalue weighted by Gasteiger charge is -2.35. The van der Waals surface area contributed by atoms with Crippen molar-refractivity contribution in [2.75, 3.05) is 18.1 Å². The molecule has 9 heteroatoms. The number of rotatable bonds is 2. The molecule has 1 amide bonds. The number of carbonyl (C=O) groups is 1. The number of hydrogen-bond donors (Lipinski definition) is 3. The smallest absolute Gasteiger partial charge is 0.270 e. The summed E-state index contributed by atoms with van der Waals surface area (Å²) in [5.41, 5.74) is 6.04. The maximum Gasteiger partial charge on any atom is 0.270 e. The molecule has 2 atom stereocenters. The number of anilines is 2. The second-order valence-electron chi connectivity index (χ2n) is 5.95. The van der Waals surface area contributed by atoms with Crippen LogP contribution in [0.1, 0.15) is 41.7 Å². The van der Waals surface area contributed by atoms with E-state index in [4.69, 9.17) is 5.73 Å². The average Bonchev–Trinajstić information content (AvgIpc) is 2.71. The molecule has 4 N–H and O–H groups in total. The SMILES string of the molecule is CNc1nc(N)nc2c1C(=O)N(C1C(O)CCCCC1(F)F)C2. The van der Waals surface area contributed by atoms with Crippen LogP contribution in [0.4, 0.5) is 20.5 Å². The second-order valence-corrected chi connectivity index (χ2v) is 5.95. The van der Waals surface area contributed by atoms with Crippen LogP contribution in [0.25, 0.3) is 0 Å². The lowest BCUT2D eigenvalue weighted by atomic mass is 10.0. The van der Waals surface area contributed by atoms with Gasteiger partial charge in [-0.1, -0.05) is 6.42 Å². The fourth-order valence-corrected chi connectivity index (χ4v) is 3.38. The van der Waals surface area contributed by atoms with E-state index in [0.717, 1.165) is 4.90 Å². The summed E-state index contributed by atoms with van der Waals surface area (Å²) < 4.78 is 28.9. The zero-order chi connectivity index (χ0) is 16.8. The van der Waals surface area contributed by atoms with Crippen LogP contribution >= 0.6 is 0 Å². The first kappa shape index (κ1) is 15.9. The lowest BCUT2D eigenvalue weighted by molar-refractivity contribution is -0.112. The van der Waals surface area contributed by atoms with E-state index in [1.807, 2.05) is 0 Å². The summed E-state index contributed by atoms with van der Waals surface area (Å²) in [6.07, 6.45) is -0.538. The standard InChI is InChI=1S/C14H19F2N5O2/c1-18-11-9-7(19-13(17)20-11)6-21(12(9)23)10-8(22)4-2-3-5-14(10,15)16/h8,10,22H,2-6H2,1H3,(H3,17,18,19,20). The number of nitrogens with two attached hydrogens (primary N) is 1. The molecule has 1 aromatic heterocycles. The highest BCUT2D eigenvalue weighted by Gasteiger charge is 2.52. The molecule has 7 nitrogen and oxygen atoms in total. The summed E-state index contributed by atoms with van der Waals surface area (Å²) >= 11 is 0. The molecule has 0 saturated heterocycles. The number of aliphatic hydroxyl groups excluding tert-OH is 1. The van der Waals surface area contributed by atoms with E-state index in [1.165, 1.54) is 0 Å². The third-order valence-corrected chi connectivity index (χ3v) is 4.43. The first-order valence-corrected chi connectivity index (χ1v) is 7.56. The number of hydrogen-bond acceptors (Lipinski definition) is 6. The van der Waals surface area contributed by atoms with Crippen molar-refractivity contribution in [1.29, 1.82) is 0 Å². The summed E-state index contributed by atoms with van der Waals surface area (Å²) in [5.74, 6) is -3.57. The molecule has 0 radical (unpaired) electrons. The molecule has 0 bridgehead atoms. The maximum absolute atomic E-state index is 14.5. The predicted octanol–water partition coefficient (Wildman–Crippen LogP) is 0.995. The van der Waals surface area contributed by atoms with Gasteiger partial charge in [0, 0.05) is 13.5 Å². The summed E-state index contributed by atoms with van der Waals surface area (Å²) in [6.45, 7) is -0.104. The third kappa shape index (κ3) is 2.58. The maximum atomic E-state index is 14.5. The largest absolute Gasteiger partial charge is 0.391 e. The van der Waals surface area contributed by atoms with E-state index < -0.39 is 24.0 Å². The molecule has 1 fully saturated rings. The number of nitrogen functional groups attached to an aromatic ring is 1. The topological polar surface area (TPSA) is 104 Å². The van der Waals surface area contributed by atoms with Gasteiger partial charge in [0.15, 0.2) is 0 Å². The molecular weight excluding hydrogens is 308 g/mol. The van der Waals surface area contributed by atoms with Gasteiger partial charge in [-0.05, 0) is 12.8 Å². The van der Waals surface area contributed by atoms with Gasteiger partial charge in [0.1, 0.15) is 17.4 Å². The van der Waals surface area contributed by atoms with Crippen LogP contribution in [-0.2, 0) is 6.54 Å². The molecule has 2 heterocycles. The molecule has 2 aliphatic rings. The number of nitrogens with one attached hydrogen (secondary N) is 1. The van der Waals surface area contributed by atoms with Crippen molar-refractivity contribution in [1.82, 2.24) is 14.9 Å². The van der Waals surface area contributed by atoms with Crippen molar-refractivity contribution in [3.63, 3.8) is 0 Å². The Balaban J connectivity index is 2.00. The first-order chi connectivity index (χ1) is 10.8. The van der Waals surface area contributed by atoms with Crippen LogP contribution in [0.2, 0.25) is 0 Å². The van der Waals surface area contributed by atoms with Gasteiger partial charge in [0.2, 0.25) is 5.95 Å². The molecule has 2 unspecified atom stereocenters. The van der Waals surface area contributed by atoms with Crippen LogP contribution < -0.4 is 11.1 Å². The van der Waals surface area contributed by atoms with E-state index in [0.29, 0.717) is 18.5 Å². The van der Waals surface area contributed by atoms with Gasteiger partial charge in [0.05, 0.1) is 18.3 Å². The van der Waals surface area contributed by atoms with Crippen LogP contribution in [0.3, 0.4) is 0 Å². The molecule has 3 rings (SSSR count). The summed E-state index contributed by atoms with van der Waals surface area (Å²) in [4.78, 5) is 21.6. The number of fused-ring (bicyclic) bond motifs is 1. The second kappa shape index (κ2) is 5.55. The lowest BCUT2D eigenvalue weighted by Crippen LogP contribution is -2.53. The Hall–Kier alpha value is -2.03. The van der Waals surface area contributed by atoms with Crippen molar-refractivity contribution in [3.05, 3.63) is 11.3 Å². The summed E-state index contributed by atoms with van der Waals surface area (Å²) in [6, 6.07) is -1.56. The molecule has 1 aromatic rings. The zero-order valence-corrected chi connectivity index (χ0v) is 12.7. The number of aliphatic hydroxyl groups is 1. The highest BCUT2D eigenvalue weighted by molar-refractivity contribution is 6.02. The number of halogens is 2. The van der Waals surface area contributed by atoms with Crippen molar-refractivity contribution in [2.45, 2.75) is 50.3 Å². The number of nitrogens with zero attached hydrogens (tertiary/aromatic N) is 3. The third-order valence-electron chi connectivity index (χ3n) is 4.43. The molecule has 1 aliphatic heterocycles. The monoisotopic (exact) mass is 327 g/mol. The van der Waals surface area contributed by atoms with Gasteiger partial charge < -0.3 is 21.1 Å². The number of alkyl halides is 2. The number of carbonyl (C=O) groups excluding carboxylic acids is 1. The minimum Gasteiger partial charge on any atom is -0.391 e. The van der Waals surface area contributed by atoms with Gasteiger partial charge in [-0.15, -0.1) is 0 Å². The number of amides is 1. The van der Waals surface area contributed by atoms with Crippen LogP contribution in [0, 0.1) is 0 Å². The Morgan fingerprint density at radius 3 is 2.83 bits per heavy atom. The molecule has 0 aromatic carbocycles. The van der Waals surface area contributed by atoms with Crippen molar-refractivity contribution < 1.29 is 18.7 Å². The van der Waals surface area contributed by atoms with Crippen molar-refractivity contribution >= 4 is 17.7 Å². The Labute approximate surface area is 131 Å². The van der Waals surface area contributed by atoms with Crippen molar-refractivity contribution in [2.24, 2.45) is 0 Å². The van der Waals surface area contributed by atoms with Gasteiger partial charge in [-0.2, -0.15) is 4.98 Å². The van der Waals surface area contributed by atoms with Gasteiger partial charge in [-0.3, -0.25) is 4.79 Å². The quantitative estimate of drug-likeness (QED) is 0.700. The van der Waals surface area contributed by atoms with Crippen LogP contribution in [0.5, 0.6) is 0 Å². The molecule has 0 spiro atoms. The van der Waals surface area contributed by atoms with E-state index in [9.17, 15) is 18.7 Å². The zero-order valence-electron chi connectivity index (χ0n) is 12.7. The number of aromatic nitrogens is 2. The predicted molar refractivity (Wildman–Crippen MR) is 79.1 cm³/mol. The molecule has 1 aliphatic carbocycles. The van der Waals surface area contributed by atoms with E-state index >= 15 is 0 Å². The Morgan fingerprint density at radius 2 is 2.13 bits per heavy atom. The highest BCUT2D eigenvalue weighted by atomic mass is 19.3. The normalized spacial score (nSPS) is 26.8.